The zero-order valence-electron chi connectivity index (χ0n) is 7.91. The molecule has 0 saturated heterocycles. The number of sulfone groups is 1. The van der Waals surface area contributed by atoms with E-state index in [0.29, 0.717) is 18.5 Å². The van der Waals surface area contributed by atoms with Gasteiger partial charge in [0.15, 0.2) is 9.84 Å². The van der Waals surface area contributed by atoms with Crippen LogP contribution in [0, 0.1) is 0 Å². The Hall–Kier alpha value is -1.04. The molecule has 1 aromatic rings. The molecule has 1 aliphatic heterocycles. The van der Waals surface area contributed by atoms with E-state index in [-0.39, 0.29) is 17.1 Å². The summed E-state index contributed by atoms with van der Waals surface area (Å²) >= 11 is 0. The first-order valence-electron chi connectivity index (χ1n) is 4.54. The third-order valence-electron chi connectivity index (χ3n) is 2.48. The van der Waals surface area contributed by atoms with E-state index in [0.717, 1.165) is 5.69 Å². The van der Waals surface area contributed by atoms with Crippen LogP contribution >= 0.6 is 0 Å². The van der Waals surface area contributed by atoms with Gasteiger partial charge >= 0.3 is 0 Å². The van der Waals surface area contributed by atoms with Gasteiger partial charge in [-0.15, -0.1) is 0 Å². The third-order valence-corrected chi connectivity index (χ3v) is 4.04. The second-order valence-electron chi connectivity index (χ2n) is 3.46. The molecule has 0 amide bonds. The van der Waals surface area contributed by atoms with Crippen LogP contribution in [0.5, 0.6) is 0 Å². The van der Waals surface area contributed by atoms with E-state index < -0.39 is 9.84 Å². The van der Waals surface area contributed by atoms with Gasteiger partial charge in [-0.1, -0.05) is 0 Å². The highest BCUT2D eigenvalue weighted by atomic mass is 32.2. The number of hydrogen-bond acceptors (Lipinski definition) is 3. The second kappa shape index (κ2) is 2.98. The molecule has 0 radical (unpaired) electrons. The van der Waals surface area contributed by atoms with Crippen molar-refractivity contribution in [3.8, 4) is 0 Å². The van der Waals surface area contributed by atoms with Crippen molar-refractivity contribution < 1.29 is 8.42 Å². The largest absolute Gasteiger partial charge is 0.299 e. The maximum Gasteiger partial charge on any atom is 0.270 e. The summed E-state index contributed by atoms with van der Waals surface area (Å²) in [4.78, 5) is 11.6. The Morgan fingerprint density at radius 2 is 2.21 bits per heavy atom. The molecule has 0 atom stereocenters. The SMILES string of the molecule is CCn1[nH]c2c(c1=O)CS(=O)(=O)CC2. The highest BCUT2D eigenvalue weighted by molar-refractivity contribution is 7.90. The minimum Gasteiger partial charge on any atom is -0.299 e. The molecule has 5 nitrogen and oxygen atoms in total. The van der Waals surface area contributed by atoms with Gasteiger partial charge in [-0.05, 0) is 6.92 Å². The molecular formula is C8H12N2O3S. The molecule has 1 aliphatic rings. The topological polar surface area (TPSA) is 71.9 Å². The predicted molar refractivity (Wildman–Crippen MR) is 51.9 cm³/mol. The van der Waals surface area contributed by atoms with Crippen LogP contribution in [0.2, 0.25) is 0 Å². The number of nitrogens with zero attached hydrogens (tertiary/aromatic N) is 1. The minimum absolute atomic E-state index is 0.106. The van der Waals surface area contributed by atoms with Crippen LogP contribution in [0.1, 0.15) is 18.2 Å². The number of aromatic nitrogens is 2. The quantitative estimate of drug-likeness (QED) is 0.698. The molecule has 1 N–H and O–H groups in total. The van der Waals surface area contributed by atoms with Crippen LogP contribution in [0.25, 0.3) is 0 Å². The molecule has 0 saturated carbocycles. The Morgan fingerprint density at radius 1 is 1.50 bits per heavy atom. The average molecular weight is 216 g/mol. The Kier molecular flexibility index (Phi) is 2.02. The lowest BCUT2D eigenvalue weighted by atomic mass is 10.2. The van der Waals surface area contributed by atoms with Crippen molar-refractivity contribution >= 4 is 9.84 Å². The maximum absolute atomic E-state index is 11.6. The summed E-state index contributed by atoms with van der Waals surface area (Å²) in [7, 11) is -3.05. The highest BCUT2D eigenvalue weighted by Gasteiger charge is 2.26. The Balaban J connectivity index is 2.57. The van der Waals surface area contributed by atoms with Crippen LogP contribution in [-0.4, -0.2) is 24.0 Å². The summed E-state index contributed by atoms with van der Waals surface area (Å²) in [5.74, 6) is 0.0360. The first kappa shape index (κ1) is 9.51. The van der Waals surface area contributed by atoms with Gasteiger partial charge < -0.3 is 0 Å². The van der Waals surface area contributed by atoms with E-state index in [4.69, 9.17) is 0 Å². The van der Waals surface area contributed by atoms with Crippen molar-refractivity contribution in [2.24, 2.45) is 0 Å². The van der Waals surface area contributed by atoms with Crippen molar-refractivity contribution in [1.82, 2.24) is 9.78 Å². The summed E-state index contributed by atoms with van der Waals surface area (Å²) < 4.78 is 24.1. The van der Waals surface area contributed by atoms with Gasteiger partial charge in [0, 0.05) is 18.7 Å². The van der Waals surface area contributed by atoms with E-state index in [1.165, 1.54) is 4.68 Å². The predicted octanol–water partition coefficient (Wildman–Crippen LogP) is -0.333. The summed E-state index contributed by atoms with van der Waals surface area (Å²) in [5, 5.41) is 2.93. The molecule has 0 fully saturated rings. The van der Waals surface area contributed by atoms with Gasteiger partial charge in [-0.2, -0.15) is 0 Å². The van der Waals surface area contributed by atoms with Crippen LogP contribution in [0.15, 0.2) is 4.79 Å². The number of aryl methyl sites for hydroxylation is 2. The molecule has 1 aromatic heterocycles. The molecule has 14 heavy (non-hydrogen) atoms. The van der Waals surface area contributed by atoms with Crippen molar-refractivity contribution in [2.45, 2.75) is 25.6 Å². The molecular weight excluding hydrogens is 204 g/mol. The highest BCUT2D eigenvalue weighted by Crippen LogP contribution is 2.15. The summed E-state index contributed by atoms with van der Waals surface area (Å²) in [5.41, 5.74) is 1.02. The Bertz CT molecular complexity index is 509. The number of fused-ring (bicyclic) bond motifs is 1. The monoisotopic (exact) mass is 216 g/mol. The molecule has 2 rings (SSSR count). The van der Waals surface area contributed by atoms with E-state index in [1.807, 2.05) is 6.92 Å². The zero-order chi connectivity index (χ0) is 10.3. The number of rotatable bonds is 1. The Labute approximate surface area is 81.6 Å². The Morgan fingerprint density at radius 3 is 2.86 bits per heavy atom. The normalized spacial score (nSPS) is 19.2. The smallest absolute Gasteiger partial charge is 0.270 e. The summed E-state index contributed by atoms with van der Waals surface area (Å²) in [6.07, 6.45) is 0.430. The standard InChI is InChI=1S/C8H12N2O3S/c1-2-10-8(11)6-5-14(12,13)4-3-7(6)9-10/h9H,2-5H2,1H3. The van der Waals surface area contributed by atoms with Gasteiger partial charge in [0.25, 0.3) is 5.56 Å². The van der Waals surface area contributed by atoms with E-state index in [2.05, 4.69) is 5.10 Å². The van der Waals surface area contributed by atoms with Gasteiger partial charge in [0.05, 0.1) is 17.1 Å². The summed E-state index contributed by atoms with van der Waals surface area (Å²) in [6.45, 7) is 2.39. The van der Waals surface area contributed by atoms with Crippen molar-refractivity contribution in [3.63, 3.8) is 0 Å². The first-order chi connectivity index (χ1) is 6.53. The fraction of sp³-hybridized carbons (Fsp3) is 0.625. The molecule has 0 aromatic carbocycles. The summed E-state index contributed by atoms with van der Waals surface area (Å²) in [6, 6.07) is 0. The van der Waals surface area contributed by atoms with Gasteiger partial charge in [-0.25, -0.2) is 8.42 Å². The van der Waals surface area contributed by atoms with E-state index in [9.17, 15) is 13.2 Å². The van der Waals surface area contributed by atoms with Crippen molar-refractivity contribution in [1.29, 1.82) is 0 Å². The van der Waals surface area contributed by atoms with Crippen LogP contribution in [-0.2, 0) is 28.6 Å². The zero-order valence-corrected chi connectivity index (χ0v) is 8.73. The van der Waals surface area contributed by atoms with Gasteiger partial charge in [0.2, 0.25) is 0 Å². The molecule has 2 heterocycles. The lowest BCUT2D eigenvalue weighted by Crippen LogP contribution is -2.24. The van der Waals surface area contributed by atoms with E-state index in [1.54, 1.807) is 0 Å². The average Bonchev–Trinajstić information content (AvgIpc) is 2.42. The van der Waals surface area contributed by atoms with Crippen LogP contribution in [0.4, 0.5) is 0 Å². The number of nitrogens with one attached hydrogen (secondary N) is 1. The number of aromatic amines is 1. The third kappa shape index (κ3) is 1.39. The molecule has 0 unspecified atom stereocenters. The molecule has 0 spiro atoms. The number of H-pyrrole nitrogens is 1. The fourth-order valence-electron chi connectivity index (χ4n) is 1.70. The van der Waals surface area contributed by atoms with Gasteiger partial charge in [-0.3, -0.25) is 14.6 Å². The van der Waals surface area contributed by atoms with Crippen molar-refractivity contribution in [3.05, 3.63) is 21.6 Å². The van der Waals surface area contributed by atoms with Crippen LogP contribution < -0.4 is 5.56 Å². The molecule has 0 bridgehead atoms. The fourth-order valence-corrected chi connectivity index (χ4v) is 3.10. The molecule has 78 valence electrons. The lowest BCUT2D eigenvalue weighted by molar-refractivity contribution is 0.590. The minimum atomic E-state index is -3.05. The first-order valence-corrected chi connectivity index (χ1v) is 6.36. The molecule has 6 heteroatoms. The molecule has 0 aliphatic carbocycles. The van der Waals surface area contributed by atoms with E-state index >= 15 is 0 Å². The number of hydrogen-bond donors (Lipinski definition) is 1. The van der Waals surface area contributed by atoms with Gasteiger partial charge in [0.1, 0.15) is 0 Å². The van der Waals surface area contributed by atoms with Crippen LogP contribution in [0.3, 0.4) is 0 Å². The maximum atomic E-state index is 11.6. The second-order valence-corrected chi connectivity index (χ2v) is 5.64. The lowest BCUT2D eigenvalue weighted by Gasteiger charge is -2.09. The van der Waals surface area contributed by atoms with Crippen molar-refractivity contribution in [2.75, 3.05) is 5.75 Å².